The molecule has 3 heterocycles. The van der Waals surface area contributed by atoms with Crippen LogP contribution in [0.25, 0.3) is 0 Å². The Balaban J connectivity index is 1.34. The third-order valence-electron chi connectivity index (χ3n) is 5.86. The fourth-order valence-corrected chi connectivity index (χ4v) is 4.01. The van der Waals surface area contributed by atoms with Gasteiger partial charge < -0.3 is 30.9 Å². The van der Waals surface area contributed by atoms with E-state index in [2.05, 4.69) is 25.5 Å². The highest BCUT2D eigenvalue weighted by atomic mass is 16.5. The molecule has 1 atom stereocenters. The minimum atomic E-state index is -0.559. The van der Waals surface area contributed by atoms with E-state index in [1.807, 2.05) is 23.1 Å². The SMILES string of the molecule is CC(=O)N1CCN2c3ccc(Nc4ncc(C(N)=O)c(NC5CC5)n4)cc3OC[C@@H]2C1. The van der Waals surface area contributed by atoms with E-state index in [4.69, 9.17) is 10.5 Å². The van der Waals surface area contributed by atoms with Gasteiger partial charge in [0.15, 0.2) is 0 Å². The number of amides is 2. The Morgan fingerprint density at radius 1 is 1.26 bits per heavy atom. The molecular weight excluding hydrogens is 398 g/mol. The first-order chi connectivity index (χ1) is 15.0. The van der Waals surface area contributed by atoms with Gasteiger partial charge in [0, 0.05) is 50.6 Å². The summed E-state index contributed by atoms with van der Waals surface area (Å²) in [5.74, 6) is 1.14. The van der Waals surface area contributed by atoms with Crippen LogP contribution < -0.4 is 26.0 Å². The zero-order valence-electron chi connectivity index (χ0n) is 17.3. The number of hydrogen-bond donors (Lipinski definition) is 3. The van der Waals surface area contributed by atoms with E-state index < -0.39 is 5.91 Å². The minimum Gasteiger partial charge on any atom is -0.489 e. The first-order valence-electron chi connectivity index (χ1n) is 10.5. The van der Waals surface area contributed by atoms with Gasteiger partial charge in [-0.15, -0.1) is 0 Å². The number of piperazine rings is 1. The third kappa shape index (κ3) is 3.92. The van der Waals surface area contributed by atoms with Crippen LogP contribution in [0.3, 0.4) is 0 Å². The average Bonchev–Trinajstić information content (AvgIpc) is 3.57. The van der Waals surface area contributed by atoms with Gasteiger partial charge in [-0.25, -0.2) is 4.98 Å². The molecule has 2 fully saturated rings. The van der Waals surface area contributed by atoms with Crippen molar-refractivity contribution in [2.45, 2.75) is 31.8 Å². The lowest BCUT2D eigenvalue weighted by Gasteiger charge is -2.45. The molecule has 0 spiro atoms. The Morgan fingerprint density at radius 2 is 2.10 bits per heavy atom. The molecule has 1 aromatic carbocycles. The van der Waals surface area contributed by atoms with Crippen molar-refractivity contribution >= 4 is 35.0 Å². The van der Waals surface area contributed by atoms with Crippen LogP contribution in [0.1, 0.15) is 30.1 Å². The summed E-state index contributed by atoms with van der Waals surface area (Å²) in [5.41, 5.74) is 7.53. The Bertz CT molecular complexity index is 1040. The molecule has 4 N–H and O–H groups in total. The molecule has 3 aliphatic rings. The molecule has 0 unspecified atom stereocenters. The lowest BCUT2D eigenvalue weighted by molar-refractivity contribution is -0.129. The maximum absolute atomic E-state index is 11.7. The molecule has 162 valence electrons. The molecule has 1 saturated carbocycles. The molecule has 2 aromatic rings. The maximum atomic E-state index is 11.7. The molecular formula is C21H25N7O3. The number of fused-ring (bicyclic) bond motifs is 3. The van der Waals surface area contributed by atoms with Gasteiger partial charge in [-0.1, -0.05) is 0 Å². The van der Waals surface area contributed by atoms with Gasteiger partial charge in [0.1, 0.15) is 18.2 Å². The van der Waals surface area contributed by atoms with Gasteiger partial charge in [-0.3, -0.25) is 9.59 Å². The van der Waals surface area contributed by atoms with Crippen molar-refractivity contribution in [2.24, 2.45) is 5.73 Å². The van der Waals surface area contributed by atoms with Gasteiger partial charge in [0.05, 0.1) is 17.3 Å². The van der Waals surface area contributed by atoms with Crippen molar-refractivity contribution in [2.75, 3.05) is 41.8 Å². The smallest absolute Gasteiger partial charge is 0.254 e. The van der Waals surface area contributed by atoms with Gasteiger partial charge in [0.2, 0.25) is 11.9 Å². The fourth-order valence-electron chi connectivity index (χ4n) is 4.01. The van der Waals surface area contributed by atoms with Crippen LogP contribution in [-0.2, 0) is 4.79 Å². The molecule has 31 heavy (non-hydrogen) atoms. The Kier molecular flexibility index (Phi) is 4.76. The van der Waals surface area contributed by atoms with Gasteiger partial charge in [-0.05, 0) is 25.0 Å². The number of ether oxygens (including phenoxy) is 1. The average molecular weight is 423 g/mol. The number of carbonyl (C=O) groups is 2. The van der Waals surface area contributed by atoms with Crippen LogP contribution in [0.2, 0.25) is 0 Å². The van der Waals surface area contributed by atoms with E-state index in [1.165, 1.54) is 6.20 Å². The lowest BCUT2D eigenvalue weighted by atomic mass is 10.1. The van der Waals surface area contributed by atoms with Crippen molar-refractivity contribution in [3.8, 4) is 5.75 Å². The molecule has 10 nitrogen and oxygen atoms in total. The highest BCUT2D eigenvalue weighted by molar-refractivity contribution is 5.97. The highest BCUT2D eigenvalue weighted by Crippen LogP contribution is 2.38. The zero-order valence-corrected chi connectivity index (χ0v) is 17.3. The molecule has 1 saturated heterocycles. The van der Waals surface area contributed by atoms with Crippen molar-refractivity contribution in [1.29, 1.82) is 0 Å². The summed E-state index contributed by atoms with van der Waals surface area (Å²) in [6.07, 6.45) is 3.54. The summed E-state index contributed by atoms with van der Waals surface area (Å²) in [4.78, 5) is 36.2. The van der Waals surface area contributed by atoms with Crippen molar-refractivity contribution < 1.29 is 14.3 Å². The third-order valence-corrected chi connectivity index (χ3v) is 5.86. The number of benzene rings is 1. The van der Waals surface area contributed by atoms with E-state index in [0.29, 0.717) is 37.5 Å². The number of nitrogens with one attached hydrogen (secondary N) is 2. The second-order valence-corrected chi connectivity index (χ2v) is 8.17. The predicted octanol–water partition coefficient (Wildman–Crippen LogP) is 1.32. The van der Waals surface area contributed by atoms with Crippen LogP contribution in [0.15, 0.2) is 24.4 Å². The van der Waals surface area contributed by atoms with E-state index in [1.54, 1.807) is 6.92 Å². The van der Waals surface area contributed by atoms with E-state index in [0.717, 1.165) is 36.5 Å². The van der Waals surface area contributed by atoms with Crippen LogP contribution in [-0.4, -0.2) is 65.0 Å². The zero-order chi connectivity index (χ0) is 21.5. The Hall–Kier alpha value is -3.56. The van der Waals surface area contributed by atoms with Crippen LogP contribution in [0, 0.1) is 0 Å². The van der Waals surface area contributed by atoms with E-state index in [9.17, 15) is 9.59 Å². The molecule has 10 heteroatoms. The standard InChI is InChI=1S/C21H25N7O3/c1-12(29)27-6-7-28-15(10-27)11-31-18-8-14(4-5-17(18)28)25-21-23-9-16(19(22)30)20(26-21)24-13-2-3-13/h4-5,8-9,13,15H,2-3,6-7,10-11H2,1H3,(H2,22,30)(H2,23,24,25,26)/t15-/m0/s1. The molecule has 0 bridgehead atoms. The molecule has 0 radical (unpaired) electrons. The first-order valence-corrected chi connectivity index (χ1v) is 10.5. The summed E-state index contributed by atoms with van der Waals surface area (Å²) in [7, 11) is 0. The van der Waals surface area contributed by atoms with Crippen molar-refractivity contribution in [1.82, 2.24) is 14.9 Å². The van der Waals surface area contributed by atoms with Gasteiger partial charge in [-0.2, -0.15) is 4.98 Å². The summed E-state index contributed by atoms with van der Waals surface area (Å²) in [6.45, 7) is 4.29. The van der Waals surface area contributed by atoms with Crippen LogP contribution in [0.5, 0.6) is 5.75 Å². The van der Waals surface area contributed by atoms with Crippen LogP contribution in [0.4, 0.5) is 23.1 Å². The molecule has 1 aromatic heterocycles. The van der Waals surface area contributed by atoms with Crippen molar-refractivity contribution in [3.63, 3.8) is 0 Å². The largest absolute Gasteiger partial charge is 0.489 e. The molecule has 2 aliphatic heterocycles. The number of anilines is 4. The van der Waals surface area contributed by atoms with E-state index >= 15 is 0 Å². The van der Waals surface area contributed by atoms with Gasteiger partial charge >= 0.3 is 0 Å². The van der Waals surface area contributed by atoms with Crippen molar-refractivity contribution in [3.05, 3.63) is 30.0 Å². The Labute approximate surface area is 179 Å². The summed E-state index contributed by atoms with van der Waals surface area (Å²) in [5, 5.41) is 6.42. The number of nitrogens with zero attached hydrogens (tertiary/aromatic N) is 4. The highest BCUT2D eigenvalue weighted by Gasteiger charge is 2.33. The monoisotopic (exact) mass is 423 g/mol. The topological polar surface area (TPSA) is 126 Å². The van der Waals surface area contributed by atoms with Gasteiger partial charge in [0.25, 0.3) is 5.91 Å². The number of nitrogens with two attached hydrogens (primary N) is 1. The molecule has 2 amide bonds. The van der Waals surface area contributed by atoms with Crippen LogP contribution >= 0.6 is 0 Å². The predicted molar refractivity (Wildman–Crippen MR) is 116 cm³/mol. The summed E-state index contributed by atoms with van der Waals surface area (Å²) in [6, 6.07) is 6.36. The Morgan fingerprint density at radius 3 is 2.84 bits per heavy atom. The normalized spacial score (nSPS) is 19.7. The first kappa shape index (κ1) is 19.4. The maximum Gasteiger partial charge on any atom is 0.254 e. The lowest BCUT2D eigenvalue weighted by Crippen LogP contribution is -2.58. The minimum absolute atomic E-state index is 0.0999. The number of carbonyl (C=O) groups excluding carboxylic acids is 2. The number of primary amides is 1. The molecule has 1 aliphatic carbocycles. The second kappa shape index (κ2) is 7.60. The second-order valence-electron chi connectivity index (χ2n) is 8.17. The number of rotatable bonds is 5. The molecule has 5 rings (SSSR count). The quantitative estimate of drug-likeness (QED) is 0.658. The number of hydrogen-bond acceptors (Lipinski definition) is 8. The fraction of sp³-hybridized carbons (Fsp3) is 0.429. The van der Waals surface area contributed by atoms with E-state index in [-0.39, 0.29) is 17.5 Å². The summed E-state index contributed by atoms with van der Waals surface area (Å²) >= 11 is 0. The summed E-state index contributed by atoms with van der Waals surface area (Å²) < 4.78 is 6.00. The number of aromatic nitrogens is 2.